The number of rotatable bonds is 5. The van der Waals surface area contributed by atoms with Crippen LogP contribution in [0.1, 0.15) is 23.8 Å². The van der Waals surface area contributed by atoms with Crippen molar-refractivity contribution in [1.82, 2.24) is 15.2 Å². The second-order valence-electron chi connectivity index (χ2n) is 3.65. The van der Waals surface area contributed by atoms with E-state index in [2.05, 4.69) is 48.7 Å². The molecule has 0 aliphatic heterocycles. The minimum absolute atomic E-state index is 0.258. The topological polar surface area (TPSA) is 79.8 Å². The highest BCUT2D eigenvalue weighted by Gasteiger charge is 2.10. The van der Waals surface area contributed by atoms with Gasteiger partial charge in [0.05, 0.1) is 9.98 Å². The third-order valence-electron chi connectivity index (χ3n) is 2.15. The molecule has 2 heterocycles. The van der Waals surface area contributed by atoms with Gasteiger partial charge in [-0.2, -0.15) is 0 Å². The zero-order valence-corrected chi connectivity index (χ0v) is 12.6. The normalized spacial score (nSPS) is 10.2. The van der Waals surface area contributed by atoms with Gasteiger partial charge in [0.1, 0.15) is 5.82 Å². The zero-order chi connectivity index (χ0) is 13.7. The molecular weight excluding hydrogens is 330 g/mol. The molecule has 0 radical (unpaired) electrons. The van der Waals surface area contributed by atoms with E-state index in [1.54, 1.807) is 18.3 Å². The van der Waals surface area contributed by atoms with Gasteiger partial charge in [-0.1, -0.05) is 18.3 Å². The number of hydrogen-bond acceptors (Lipinski definition) is 6. The Hall–Kier alpha value is -1.54. The lowest BCUT2D eigenvalue weighted by molar-refractivity contribution is 0.102. The van der Waals surface area contributed by atoms with Crippen LogP contribution >= 0.6 is 27.3 Å². The highest BCUT2D eigenvalue weighted by Crippen LogP contribution is 2.23. The highest BCUT2D eigenvalue weighted by molar-refractivity contribution is 9.11. The van der Waals surface area contributed by atoms with Gasteiger partial charge in [-0.15, -0.1) is 10.2 Å². The van der Waals surface area contributed by atoms with Crippen molar-refractivity contribution in [2.45, 2.75) is 13.3 Å². The lowest BCUT2D eigenvalue weighted by atomic mass is 10.3. The number of carbonyl (C=O) groups is 1. The van der Waals surface area contributed by atoms with E-state index in [0.717, 1.165) is 16.8 Å². The molecule has 2 aromatic heterocycles. The number of carbonyl (C=O) groups excluding carboxylic acids is 1. The molecule has 0 bridgehead atoms. The van der Waals surface area contributed by atoms with Crippen LogP contribution < -0.4 is 10.6 Å². The first-order valence-corrected chi connectivity index (χ1v) is 7.30. The van der Waals surface area contributed by atoms with Crippen LogP contribution in [0.4, 0.5) is 10.9 Å². The molecular formula is C11H12BrN5OS. The minimum Gasteiger partial charge on any atom is -0.369 e. The molecule has 0 unspecified atom stereocenters. The summed E-state index contributed by atoms with van der Waals surface area (Å²) in [5, 5.41) is 14.1. The summed E-state index contributed by atoms with van der Waals surface area (Å²) in [5.74, 6) is 0.340. The number of aromatic nitrogens is 3. The van der Waals surface area contributed by atoms with Gasteiger partial charge in [0, 0.05) is 6.54 Å². The Morgan fingerprint density at radius 3 is 2.84 bits per heavy atom. The Kier molecular flexibility index (Phi) is 4.80. The van der Waals surface area contributed by atoms with Crippen molar-refractivity contribution in [1.29, 1.82) is 0 Å². The first-order chi connectivity index (χ1) is 9.19. The maximum absolute atomic E-state index is 11.9. The van der Waals surface area contributed by atoms with Gasteiger partial charge >= 0.3 is 0 Å². The van der Waals surface area contributed by atoms with Gasteiger partial charge < -0.3 is 5.32 Å². The predicted octanol–water partition coefficient (Wildman–Crippen LogP) is 2.77. The molecule has 0 spiro atoms. The number of halogens is 1. The molecule has 0 atom stereocenters. The van der Waals surface area contributed by atoms with E-state index in [0.29, 0.717) is 10.9 Å². The molecule has 0 saturated carbocycles. The van der Waals surface area contributed by atoms with E-state index >= 15 is 0 Å². The Labute approximate surface area is 122 Å². The monoisotopic (exact) mass is 341 g/mol. The van der Waals surface area contributed by atoms with Crippen molar-refractivity contribution in [2.24, 2.45) is 0 Å². The number of nitrogens with one attached hydrogen (secondary N) is 2. The molecule has 2 N–H and O–H groups in total. The van der Waals surface area contributed by atoms with E-state index in [4.69, 9.17) is 0 Å². The fourth-order valence-electron chi connectivity index (χ4n) is 1.27. The quantitative estimate of drug-likeness (QED) is 0.873. The average Bonchev–Trinajstić information content (AvgIpc) is 2.82. The van der Waals surface area contributed by atoms with Crippen LogP contribution in [0.5, 0.6) is 0 Å². The predicted molar refractivity (Wildman–Crippen MR) is 78.6 cm³/mol. The molecule has 0 aliphatic carbocycles. The largest absolute Gasteiger partial charge is 0.369 e. The third kappa shape index (κ3) is 3.97. The van der Waals surface area contributed by atoms with Crippen molar-refractivity contribution < 1.29 is 4.79 Å². The molecule has 0 aromatic carbocycles. The molecule has 1 amide bonds. The number of anilines is 2. The summed E-state index contributed by atoms with van der Waals surface area (Å²) in [6, 6.07) is 3.36. The molecule has 0 fully saturated rings. The van der Waals surface area contributed by atoms with Crippen molar-refractivity contribution in [2.75, 3.05) is 17.2 Å². The third-order valence-corrected chi connectivity index (χ3v) is 3.54. The van der Waals surface area contributed by atoms with Gasteiger partial charge in [0.2, 0.25) is 0 Å². The van der Waals surface area contributed by atoms with Gasteiger partial charge in [-0.25, -0.2) is 4.98 Å². The Morgan fingerprint density at radius 2 is 2.26 bits per heavy atom. The fraction of sp³-hybridized carbons (Fsp3) is 0.273. The Bertz CT molecular complexity index is 556. The summed E-state index contributed by atoms with van der Waals surface area (Å²) < 4.78 is 0.855. The van der Waals surface area contributed by atoms with Gasteiger partial charge in [0.15, 0.2) is 10.8 Å². The molecule has 2 aromatic rings. The van der Waals surface area contributed by atoms with Crippen molar-refractivity contribution >= 4 is 44.1 Å². The molecule has 19 heavy (non-hydrogen) atoms. The summed E-state index contributed by atoms with van der Waals surface area (Å²) in [6.45, 7) is 2.89. The molecule has 0 saturated heterocycles. The van der Waals surface area contributed by atoms with Crippen LogP contribution in [0.25, 0.3) is 0 Å². The second-order valence-corrected chi connectivity index (χ2v) is 6.06. The van der Waals surface area contributed by atoms with E-state index in [9.17, 15) is 4.79 Å². The van der Waals surface area contributed by atoms with Gasteiger partial charge in [0.25, 0.3) is 5.91 Å². The second kappa shape index (κ2) is 6.58. The lowest BCUT2D eigenvalue weighted by Gasteiger charge is -2.03. The Balaban J connectivity index is 1.99. The van der Waals surface area contributed by atoms with Crippen molar-refractivity contribution in [3.63, 3.8) is 0 Å². The summed E-state index contributed by atoms with van der Waals surface area (Å²) in [4.78, 5) is 15.9. The van der Waals surface area contributed by atoms with E-state index in [1.165, 1.54) is 11.3 Å². The molecule has 8 heteroatoms. The lowest BCUT2D eigenvalue weighted by Crippen LogP contribution is -2.14. The summed E-state index contributed by atoms with van der Waals surface area (Å²) >= 11 is 4.62. The molecule has 6 nitrogen and oxygen atoms in total. The summed E-state index contributed by atoms with van der Waals surface area (Å²) in [6.07, 6.45) is 2.63. The van der Waals surface area contributed by atoms with Crippen LogP contribution in [0.15, 0.2) is 22.1 Å². The first-order valence-electron chi connectivity index (χ1n) is 5.69. The minimum atomic E-state index is -0.323. The first kappa shape index (κ1) is 13.9. The average molecular weight is 342 g/mol. The van der Waals surface area contributed by atoms with E-state index in [-0.39, 0.29) is 11.6 Å². The van der Waals surface area contributed by atoms with E-state index < -0.39 is 0 Å². The number of hydrogen-bond donors (Lipinski definition) is 2. The number of thiazole rings is 1. The standard InChI is InChI=1S/C11H12BrN5OS/c1-2-5-13-9-4-3-7(16-17-9)10(18)15-11-14-6-8(12)19-11/h3-4,6H,2,5H2,1H3,(H,13,17)(H,14,15,18). The van der Waals surface area contributed by atoms with Crippen molar-refractivity contribution in [3.05, 3.63) is 27.8 Å². The smallest absolute Gasteiger partial charge is 0.277 e. The maximum Gasteiger partial charge on any atom is 0.277 e. The van der Waals surface area contributed by atoms with Crippen LogP contribution in [0.2, 0.25) is 0 Å². The summed E-state index contributed by atoms with van der Waals surface area (Å²) in [7, 11) is 0. The SMILES string of the molecule is CCCNc1ccc(C(=O)Nc2ncc(Br)s2)nn1. The fourth-order valence-corrected chi connectivity index (χ4v) is 2.38. The Morgan fingerprint density at radius 1 is 1.42 bits per heavy atom. The maximum atomic E-state index is 11.9. The molecule has 2 rings (SSSR count). The van der Waals surface area contributed by atoms with Gasteiger partial charge in [-0.3, -0.25) is 10.1 Å². The number of nitrogens with zero attached hydrogens (tertiary/aromatic N) is 3. The molecule has 0 aliphatic rings. The molecule has 100 valence electrons. The zero-order valence-electron chi connectivity index (χ0n) is 10.2. The number of amides is 1. The van der Waals surface area contributed by atoms with Crippen LogP contribution in [0.3, 0.4) is 0 Å². The van der Waals surface area contributed by atoms with Crippen LogP contribution in [-0.2, 0) is 0 Å². The van der Waals surface area contributed by atoms with E-state index in [1.807, 2.05) is 0 Å². The highest BCUT2D eigenvalue weighted by atomic mass is 79.9. The van der Waals surface area contributed by atoms with Crippen molar-refractivity contribution in [3.8, 4) is 0 Å². The van der Waals surface area contributed by atoms with Gasteiger partial charge in [-0.05, 0) is 34.5 Å². The van der Waals surface area contributed by atoms with Crippen LogP contribution in [-0.4, -0.2) is 27.6 Å². The summed E-state index contributed by atoms with van der Waals surface area (Å²) in [5.41, 5.74) is 0.258. The van der Waals surface area contributed by atoms with Crippen LogP contribution in [0, 0.1) is 0 Å².